The third-order valence-electron chi connectivity index (χ3n) is 8.33. The standard InChI is InChI=1S/C19H16F4N2O2.C18H14F4N2O2.Na.H2O/c1-27-18(26)15-11-25(9-7-20)17-16(15)13(6-8-24-17)10-12-2-4-14(5-3-12)19(21,22)23;19-6-8-24-10-14(17(25)26)15-12(5-7-23-16(15)24)9-11-1-3-13(4-2-11)18(20,21)22;;/h2-6,8,11H,7,9-10H2,1H3;1-5,7,10H,6,8-9H2,(H,25,26);;1H2/q;;+1;/p-1. The summed E-state index contributed by atoms with van der Waals surface area (Å²) in [7, 11) is 1.24. The Hall–Kier alpha value is -4.84. The molecule has 0 amide bonds. The van der Waals surface area contributed by atoms with Gasteiger partial charge in [-0.3, -0.25) is 0 Å². The first-order valence-electron chi connectivity index (χ1n) is 15.9. The average Bonchev–Trinajstić information content (AvgIpc) is 3.68. The summed E-state index contributed by atoms with van der Waals surface area (Å²) in [6, 6.07) is 12.8. The fraction of sp³-hybridized carbons (Fsp3) is 0.243. The molecule has 0 aliphatic heterocycles. The van der Waals surface area contributed by atoms with Crippen LogP contribution in [-0.4, -0.2) is 62.1 Å². The van der Waals surface area contributed by atoms with E-state index in [-0.39, 0.29) is 65.7 Å². The number of rotatable bonds is 10. The van der Waals surface area contributed by atoms with E-state index in [0.29, 0.717) is 50.7 Å². The van der Waals surface area contributed by atoms with Crippen molar-refractivity contribution in [3.8, 4) is 0 Å². The molecule has 0 spiro atoms. The SMILES string of the molecule is COC(=O)c1cn(CCF)c2nccc(Cc3ccc(C(F)(F)F)cc3)c12.O=C(O)c1cn(CCF)c2nccc(Cc3ccc(C(F)(F)F)cc3)c12.[Na+].[OH-]. The summed E-state index contributed by atoms with van der Waals surface area (Å²) < 4.78 is 109. The molecule has 55 heavy (non-hydrogen) atoms. The average molecular weight is 787 g/mol. The van der Waals surface area contributed by atoms with Gasteiger partial charge in [-0.25, -0.2) is 28.3 Å². The minimum atomic E-state index is -4.41. The van der Waals surface area contributed by atoms with E-state index >= 15 is 0 Å². The van der Waals surface area contributed by atoms with Crippen molar-refractivity contribution in [2.75, 3.05) is 20.5 Å². The van der Waals surface area contributed by atoms with Gasteiger partial charge in [0.1, 0.15) is 24.6 Å². The van der Waals surface area contributed by atoms with Crippen LogP contribution in [0.4, 0.5) is 35.1 Å². The predicted molar refractivity (Wildman–Crippen MR) is 180 cm³/mol. The van der Waals surface area contributed by atoms with Crippen LogP contribution in [0.2, 0.25) is 0 Å². The molecule has 18 heteroatoms. The molecule has 0 radical (unpaired) electrons. The van der Waals surface area contributed by atoms with Gasteiger partial charge in [0.25, 0.3) is 0 Å². The number of carbonyl (C=O) groups excluding carboxylic acids is 1. The topological polar surface area (TPSA) is 129 Å². The van der Waals surface area contributed by atoms with Crippen LogP contribution < -0.4 is 29.6 Å². The molecule has 6 aromatic rings. The van der Waals surface area contributed by atoms with Crippen molar-refractivity contribution < 1.29 is 89.6 Å². The Morgan fingerprint density at radius 1 is 0.673 bits per heavy atom. The van der Waals surface area contributed by atoms with Crippen molar-refractivity contribution in [2.24, 2.45) is 0 Å². The molecule has 0 unspecified atom stereocenters. The third-order valence-corrected chi connectivity index (χ3v) is 8.33. The number of aromatic carboxylic acids is 1. The molecule has 0 atom stereocenters. The number of nitrogens with zero attached hydrogens (tertiary/aromatic N) is 4. The monoisotopic (exact) mass is 786 g/mol. The van der Waals surface area contributed by atoms with Gasteiger partial charge in [-0.05, 0) is 71.5 Å². The number of carboxylic acids is 1. The minimum absolute atomic E-state index is 0. The molecule has 4 aromatic heterocycles. The first kappa shape index (κ1) is 44.6. The van der Waals surface area contributed by atoms with E-state index in [4.69, 9.17) is 4.74 Å². The van der Waals surface area contributed by atoms with Gasteiger partial charge < -0.3 is 24.5 Å². The van der Waals surface area contributed by atoms with E-state index in [1.54, 1.807) is 12.1 Å². The number of aryl methyl sites for hydroxylation is 2. The minimum Gasteiger partial charge on any atom is -0.870 e. The number of benzene rings is 2. The molecule has 2 aromatic carbocycles. The number of pyridine rings is 2. The van der Waals surface area contributed by atoms with Crippen molar-refractivity contribution in [3.63, 3.8) is 0 Å². The molecule has 0 aliphatic carbocycles. The Morgan fingerprint density at radius 2 is 1.05 bits per heavy atom. The van der Waals surface area contributed by atoms with E-state index in [1.807, 2.05) is 0 Å². The third kappa shape index (κ3) is 10.3. The first-order chi connectivity index (χ1) is 25.2. The fourth-order valence-electron chi connectivity index (χ4n) is 5.87. The van der Waals surface area contributed by atoms with E-state index in [1.165, 1.54) is 65.3 Å². The van der Waals surface area contributed by atoms with E-state index in [0.717, 1.165) is 24.3 Å². The maximum Gasteiger partial charge on any atom is 1.00 e. The van der Waals surface area contributed by atoms with Crippen LogP contribution in [0, 0.1) is 0 Å². The normalized spacial score (nSPS) is 11.4. The number of hydrogen-bond donors (Lipinski definition) is 1. The molecule has 0 saturated carbocycles. The summed E-state index contributed by atoms with van der Waals surface area (Å²) >= 11 is 0. The smallest absolute Gasteiger partial charge is 0.870 e. The molecule has 0 saturated heterocycles. The van der Waals surface area contributed by atoms with Crippen LogP contribution in [0.3, 0.4) is 0 Å². The van der Waals surface area contributed by atoms with E-state index < -0.39 is 48.8 Å². The maximum atomic E-state index is 12.8. The van der Waals surface area contributed by atoms with Crippen molar-refractivity contribution >= 4 is 34.0 Å². The van der Waals surface area contributed by atoms with Crippen molar-refractivity contribution in [2.45, 2.75) is 38.3 Å². The largest absolute Gasteiger partial charge is 1.00 e. The van der Waals surface area contributed by atoms with Crippen LogP contribution in [0.5, 0.6) is 0 Å². The molecule has 9 nitrogen and oxygen atoms in total. The van der Waals surface area contributed by atoms with Crippen LogP contribution in [0.1, 0.15) is 54.1 Å². The number of ether oxygens (including phenoxy) is 1. The number of alkyl halides is 8. The molecule has 0 aliphatic rings. The molecular formula is C37H31F8N4NaO5. The molecule has 286 valence electrons. The summed E-state index contributed by atoms with van der Waals surface area (Å²) in [6.45, 7) is -1.30. The summed E-state index contributed by atoms with van der Waals surface area (Å²) in [5.74, 6) is -1.76. The van der Waals surface area contributed by atoms with Gasteiger partial charge in [0.2, 0.25) is 0 Å². The Balaban J connectivity index is 0.000000285. The molecule has 4 heterocycles. The van der Waals surface area contributed by atoms with E-state index in [2.05, 4.69) is 9.97 Å². The number of halogens is 8. The van der Waals surface area contributed by atoms with E-state index in [9.17, 15) is 49.8 Å². The fourth-order valence-corrected chi connectivity index (χ4v) is 5.87. The number of fused-ring (bicyclic) bond motifs is 2. The van der Waals surface area contributed by atoms with Crippen molar-refractivity contribution in [1.82, 2.24) is 19.1 Å². The summed E-state index contributed by atoms with van der Waals surface area (Å²) in [6.07, 6.45) is -2.47. The van der Waals surface area contributed by atoms with Crippen LogP contribution in [0.25, 0.3) is 22.1 Å². The number of methoxy groups -OCH3 is 1. The summed E-state index contributed by atoms with van der Waals surface area (Å²) in [5, 5.41) is 10.3. The predicted octanol–water partition coefficient (Wildman–Crippen LogP) is 5.54. The van der Waals surface area contributed by atoms with Gasteiger partial charge >= 0.3 is 53.8 Å². The second-order valence-corrected chi connectivity index (χ2v) is 11.7. The molecule has 0 bridgehead atoms. The van der Waals surface area contributed by atoms with Crippen molar-refractivity contribution in [1.29, 1.82) is 0 Å². The number of aromatic nitrogens is 4. The van der Waals surface area contributed by atoms with Crippen molar-refractivity contribution in [3.05, 3.63) is 130 Å². The quantitative estimate of drug-likeness (QED) is 0.110. The van der Waals surface area contributed by atoms with Crippen LogP contribution >= 0.6 is 0 Å². The maximum absolute atomic E-state index is 12.8. The van der Waals surface area contributed by atoms with Gasteiger partial charge in [-0.1, -0.05) is 24.3 Å². The number of carboxylic acid groups (broad SMARTS) is 1. The Morgan fingerprint density at radius 3 is 1.40 bits per heavy atom. The molecule has 6 rings (SSSR count). The zero-order valence-electron chi connectivity index (χ0n) is 29.3. The van der Waals surface area contributed by atoms with Crippen LogP contribution in [-0.2, 0) is 43.0 Å². The zero-order chi connectivity index (χ0) is 38.5. The second-order valence-electron chi connectivity index (χ2n) is 11.7. The number of hydrogen-bond acceptors (Lipinski definition) is 6. The Kier molecular flexibility index (Phi) is 15.1. The van der Waals surface area contributed by atoms with Crippen LogP contribution in [0.15, 0.2) is 85.5 Å². The number of esters is 1. The second kappa shape index (κ2) is 18.7. The van der Waals surface area contributed by atoms with Gasteiger partial charge in [0.05, 0.1) is 42.5 Å². The Bertz CT molecular complexity index is 2240. The zero-order valence-corrected chi connectivity index (χ0v) is 31.3. The van der Waals surface area contributed by atoms with Gasteiger partial charge in [-0.2, -0.15) is 26.3 Å². The Labute approximate surface area is 330 Å². The van der Waals surface area contributed by atoms with Gasteiger partial charge in [0, 0.05) is 35.6 Å². The van der Waals surface area contributed by atoms with Gasteiger partial charge in [-0.15, -0.1) is 0 Å². The van der Waals surface area contributed by atoms with Gasteiger partial charge in [0.15, 0.2) is 0 Å². The first-order valence-corrected chi connectivity index (χ1v) is 15.9. The molecule has 2 N–H and O–H groups in total. The summed E-state index contributed by atoms with van der Waals surface area (Å²) in [4.78, 5) is 32.0. The molecule has 0 fully saturated rings. The summed E-state index contributed by atoms with van der Waals surface area (Å²) in [5.41, 5.74) is 2.06. The number of carbonyl (C=O) groups is 2. The molecular weight excluding hydrogens is 755 g/mol.